The number of aromatic nitrogens is 3. The average molecular weight is 376 g/mol. The molecule has 1 saturated carbocycles. The van der Waals surface area contributed by atoms with Gasteiger partial charge in [-0.25, -0.2) is 4.68 Å². The van der Waals surface area contributed by atoms with E-state index in [2.05, 4.69) is 16.4 Å². The standard InChI is InChI=1S/C18H24N4O3S/c1-21(8-2-5-17(23)24)18(25)16(13-6-7-13)10-14-11-22(20-19-14)12-15-4-3-9-26-15/h3-4,9,11,13,16H,2,5-8,10,12H2,1H3,(H,23,24). The highest BCUT2D eigenvalue weighted by atomic mass is 32.1. The van der Waals surface area contributed by atoms with E-state index in [9.17, 15) is 9.59 Å². The number of carboxylic acid groups (broad SMARTS) is 1. The maximum Gasteiger partial charge on any atom is 0.303 e. The van der Waals surface area contributed by atoms with E-state index in [1.165, 1.54) is 4.88 Å². The lowest BCUT2D eigenvalue weighted by Crippen LogP contribution is -2.36. The van der Waals surface area contributed by atoms with Crippen LogP contribution in [0.2, 0.25) is 0 Å². The van der Waals surface area contributed by atoms with Crippen LogP contribution in [0.1, 0.15) is 36.3 Å². The van der Waals surface area contributed by atoms with Crippen LogP contribution in [0.15, 0.2) is 23.7 Å². The summed E-state index contributed by atoms with van der Waals surface area (Å²) in [5.74, 6) is -0.416. The SMILES string of the molecule is CN(CCCC(=O)O)C(=O)C(Cc1cn(Cc2cccs2)nn1)C1CC1. The highest BCUT2D eigenvalue weighted by Crippen LogP contribution is 2.39. The zero-order chi connectivity index (χ0) is 18.5. The summed E-state index contributed by atoms with van der Waals surface area (Å²) in [6.45, 7) is 1.17. The first kappa shape index (κ1) is 18.6. The van der Waals surface area contributed by atoms with E-state index in [1.807, 2.05) is 22.3 Å². The highest BCUT2D eigenvalue weighted by molar-refractivity contribution is 7.09. The van der Waals surface area contributed by atoms with Gasteiger partial charge in [-0.2, -0.15) is 0 Å². The van der Waals surface area contributed by atoms with E-state index in [0.29, 0.717) is 31.8 Å². The van der Waals surface area contributed by atoms with Crippen LogP contribution in [0.3, 0.4) is 0 Å². The van der Waals surface area contributed by atoms with E-state index < -0.39 is 5.97 Å². The number of carboxylic acids is 1. The Labute approximate surface area is 156 Å². The van der Waals surface area contributed by atoms with Crippen molar-refractivity contribution in [1.29, 1.82) is 0 Å². The number of carbonyl (C=O) groups excluding carboxylic acids is 1. The van der Waals surface area contributed by atoms with Crippen molar-refractivity contribution >= 4 is 23.2 Å². The van der Waals surface area contributed by atoms with Crippen LogP contribution in [0.25, 0.3) is 0 Å². The molecule has 0 aromatic carbocycles. The number of thiophene rings is 1. The first-order valence-corrected chi connectivity index (χ1v) is 9.79. The van der Waals surface area contributed by atoms with E-state index in [-0.39, 0.29) is 18.2 Å². The molecule has 2 aromatic rings. The quantitative estimate of drug-likeness (QED) is 0.687. The minimum Gasteiger partial charge on any atom is -0.481 e. The number of hydrogen-bond donors (Lipinski definition) is 1. The van der Waals surface area contributed by atoms with E-state index in [1.54, 1.807) is 23.3 Å². The Balaban J connectivity index is 1.57. The minimum absolute atomic E-state index is 0.0861. The number of amides is 1. The Bertz CT molecular complexity index is 739. The van der Waals surface area contributed by atoms with Gasteiger partial charge in [0.15, 0.2) is 0 Å². The molecule has 2 aromatic heterocycles. The predicted octanol–water partition coefficient (Wildman–Crippen LogP) is 2.28. The van der Waals surface area contributed by atoms with E-state index in [4.69, 9.17) is 5.11 Å². The molecule has 0 radical (unpaired) electrons. The van der Waals surface area contributed by atoms with Crippen molar-refractivity contribution < 1.29 is 14.7 Å². The maximum atomic E-state index is 12.8. The lowest BCUT2D eigenvalue weighted by molar-refractivity contribution is -0.139. The summed E-state index contributed by atoms with van der Waals surface area (Å²) >= 11 is 1.68. The first-order valence-electron chi connectivity index (χ1n) is 8.91. The number of aliphatic carboxylic acids is 1. The van der Waals surface area contributed by atoms with Crippen molar-refractivity contribution in [2.24, 2.45) is 11.8 Å². The summed E-state index contributed by atoms with van der Waals surface area (Å²) in [5, 5.41) is 19.2. The molecule has 0 bridgehead atoms. The smallest absolute Gasteiger partial charge is 0.303 e. The molecular weight excluding hydrogens is 352 g/mol. The van der Waals surface area contributed by atoms with E-state index >= 15 is 0 Å². The summed E-state index contributed by atoms with van der Waals surface area (Å²) in [7, 11) is 1.76. The maximum absolute atomic E-state index is 12.8. The Morgan fingerprint density at radius 1 is 1.46 bits per heavy atom. The molecule has 2 heterocycles. The van der Waals surface area contributed by atoms with Crippen LogP contribution in [-0.2, 0) is 22.6 Å². The molecule has 7 nitrogen and oxygen atoms in total. The second kappa shape index (κ2) is 8.44. The summed E-state index contributed by atoms with van der Waals surface area (Å²) in [4.78, 5) is 26.3. The van der Waals surface area contributed by atoms with Crippen LogP contribution in [0.4, 0.5) is 0 Å². The number of hydrogen-bond acceptors (Lipinski definition) is 5. The fourth-order valence-corrected chi connectivity index (χ4v) is 3.81. The lowest BCUT2D eigenvalue weighted by atomic mass is 9.96. The van der Waals surface area contributed by atoms with Gasteiger partial charge in [-0.1, -0.05) is 11.3 Å². The molecular formula is C18H24N4O3S. The molecule has 26 heavy (non-hydrogen) atoms. The van der Waals surface area contributed by atoms with E-state index in [0.717, 1.165) is 18.5 Å². The van der Waals surface area contributed by atoms with Crippen LogP contribution < -0.4 is 0 Å². The number of nitrogens with zero attached hydrogens (tertiary/aromatic N) is 4. The van der Waals surface area contributed by atoms with Gasteiger partial charge in [0.2, 0.25) is 5.91 Å². The van der Waals surface area contributed by atoms with Gasteiger partial charge in [0.1, 0.15) is 0 Å². The Kier molecular flexibility index (Phi) is 6.03. The molecule has 0 aliphatic heterocycles. The molecule has 1 fully saturated rings. The van der Waals surface area contributed by atoms with Gasteiger partial charge in [-0.05, 0) is 36.6 Å². The van der Waals surface area contributed by atoms with Gasteiger partial charge < -0.3 is 10.0 Å². The van der Waals surface area contributed by atoms with Crippen LogP contribution in [0.5, 0.6) is 0 Å². The summed E-state index contributed by atoms with van der Waals surface area (Å²) < 4.78 is 1.81. The number of rotatable bonds is 10. The summed E-state index contributed by atoms with van der Waals surface area (Å²) in [6, 6.07) is 4.08. The fraction of sp³-hybridized carbons (Fsp3) is 0.556. The first-order chi connectivity index (χ1) is 12.5. The molecule has 1 unspecified atom stereocenters. The topological polar surface area (TPSA) is 88.3 Å². The zero-order valence-electron chi connectivity index (χ0n) is 14.9. The summed E-state index contributed by atoms with van der Waals surface area (Å²) in [5.41, 5.74) is 0.839. The third-order valence-electron chi connectivity index (χ3n) is 4.68. The molecule has 1 aliphatic rings. The highest BCUT2D eigenvalue weighted by Gasteiger charge is 2.38. The zero-order valence-corrected chi connectivity index (χ0v) is 15.7. The molecule has 0 saturated heterocycles. The molecule has 1 aliphatic carbocycles. The van der Waals surface area contributed by atoms with Gasteiger partial charge in [0, 0.05) is 43.4 Å². The number of carbonyl (C=O) groups is 2. The Hall–Kier alpha value is -2.22. The molecule has 8 heteroatoms. The minimum atomic E-state index is -0.827. The van der Waals surface area contributed by atoms with Gasteiger partial charge >= 0.3 is 5.97 Å². The summed E-state index contributed by atoms with van der Waals surface area (Å²) in [6.07, 6.45) is 5.23. The largest absolute Gasteiger partial charge is 0.481 e. The molecule has 3 rings (SSSR count). The van der Waals surface area contributed by atoms with Gasteiger partial charge in [0.05, 0.1) is 12.2 Å². The monoisotopic (exact) mass is 376 g/mol. The lowest BCUT2D eigenvalue weighted by Gasteiger charge is -2.23. The third-order valence-corrected chi connectivity index (χ3v) is 5.54. The van der Waals surface area contributed by atoms with Crippen LogP contribution >= 0.6 is 11.3 Å². The normalized spacial score (nSPS) is 15.0. The van der Waals surface area contributed by atoms with Crippen molar-refractivity contribution in [2.75, 3.05) is 13.6 Å². The van der Waals surface area contributed by atoms with Crippen molar-refractivity contribution in [3.63, 3.8) is 0 Å². The van der Waals surface area contributed by atoms with Gasteiger partial charge in [-0.3, -0.25) is 9.59 Å². The Morgan fingerprint density at radius 3 is 2.92 bits per heavy atom. The fourth-order valence-electron chi connectivity index (χ4n) is 3.11. The van der Waals surface area contributed by atoms with Crippen molar-refractivity contribution in [3.8, 4) is 0 Å². The third kappa shape index (κ3) is 5.14. The van der Waals surface area contributed by atoms with Gasteiger partial charge in [0.25, 0.3) is 0 Å². The molecule has 1 amide bonds. The second-order valence-corrected chi connectivity index (χ2v) is 7.92. The van der Waals surface area contributed by atoms with Crippen molar-refractivity contribution in [2.45, 2.75) is 38.6 Å². The second-order valence-electron chi connectivity index (χ2n) is 6.89. The molecule has 0 spiro atoms. The van der Waals surface area contributed by atoms with Crippen molar-refractivity contribution in [1.82, 2.24) is 19.9 Å². The molecule has 1 atom stereocenters. The average Bonchev–Trinajstić information content (AvgIpc) is 3.13. The Morgan fingerprint density at radius 2 is 2.27 bits per heavy atom. The predicted molar refractivity (Wildman–Crippen MR) is 97.9 cm³/mol. The molecule has 140 valence electrons. The van der Waals surface area contributed by atoms with Crippen LogP contribution in [-0.4, -0.2) is 50.5 Å². The van der Waals surface area contributed by atoms with Gasteiger partial charge in [-0.15, -0.1) is 16.4 Å². The molecule has 1 N–H and O–H groups in total. The van der Waals surface area contributed by atoms with Crippen LogP contribution in [0, 0.1) is 11.8 Å². The van der Waals surface area contributed by atoms with Crippen molar-refractivity contribution in [3.05, 3.63) is 34.3 Å².